The molecule has 0 aromatic heterocycles. The van der Waals surface area contributed by atoms with Crippen LogP contribution in [0.15, 0.2) is 30.0 Å². The van der Waals surface area contributed by atoms with Crippen LogP contribution in [0.25, 0.3) is 5.57 Å². The van der Waals surface area contributed by atoms with Crippen LogP contribution < -0.4 is 0 Å². The van der Waals surface area contributed by atoms with Crippen LogP contribution in [-0.4, -0.2) is 58.4 Å². The molecule has 3 rings (SSSR count). The molecule has 2 aliphatic rings. The molecule has 26 heavy (non-hydrogen) atoms. The van der Waals surface area contributed by atoms with E-state index in [1.165, 1.54) is 29.2 Å². The van der Waals surface area contributed by atoms with Gasteiger partial charge in [-0.1, -0.05) is 0 Å². The van der Waals surface area contributed by atoms with Gasteiger partial charge < -0.3 is 9.64 Å². The largest absolute Gasteiger partial charge is 0.372 e. The van der Waals surface area contributed by atoms with Crippen LogP contribution in [0.2, 0.25) is 0 Å². The van der Waals surface area contributed by atoms with Crippen molar-refractivity contribution < 1.29 is 19.2 Å². The Morgan fingerprint density at radius 1 is 1.12 bits per heavy atom. The van der Waals surface area contributed by atoms with Crippen molar-refractivity contribution in [1.29, 1.82) is 0 Å². The van der Waals surface area contributed by atoms with Crippen LogP contribution in [0.4, 0.5) is 5.69 Å². The van der Waals surface area contributed by atoms with Crippen LogP contribution in [-0.2, 0) is 14.3 Å². The highest BCUT2D eigenvalue weighted by molar-refractivity contribution is 6.35. The summed E-state index contributed by atoms with van der Waals surface area (Å²) in [4.78, 5) is 39.2. The number of carbonyl (C=O) groups is 2. The molecule has 1 saturated heterocycles. The van der Waals surface area contributed by atoms with Crippen molar-refractivity contribution in [3.63, 3.8) is 0 Å². The molecule has 0 aliphatic carbocycles. The van der Waals surface area contributed by atoms with Gasteiger partial charge in [-0.15, -0.1) is 0 Å². The van der Waals surface area contributed by atoms with Gasteiger partial charge in [-0.25, -0.2) is 0 Å². The maximum atomic E-state index is 12.9. The Morgan fingerprint density at radius 3 is 2.19 bits per heavy atom. The van der Waals surface area contributed by atoms with E-state index in [1.807, 2.05) is 18.7 Å². The lowest BCUT2D eigenvalue weighted by Gasteiger charge is -2.37. The predicted molar refractivity (Wildman–Crippen MR) is 94.0 cm³/mol. The van der Waals surface area contributed by atoms with Gasteiger partial charge in [-0.3, -0.25) is 24.6 Å². The van der Waals surface area contributed by atoms with Crippen molar-refractivity contribution in [2.45, 2.75) is 33.0 Å². The van der Waals surface area contributed by atoms with Crippen LogP contribution in [0.5, 0.6) is 0 Å². The molecule has 0 radical (unpaired) electrons. The Hall–Kier alpha value is -2.74. The molecule has 0 N–H and O–H groups in total. The van der Waals surface area contributed by atoms with E-state index in [0.29, 0.717) is 29.9 Å². The van der Waals surface area contributed by atoms with Gasteiger partial charge in [0.25, 0.3) is 17.5 Å². The fourth-order valence-corrected chi connectivity index (χ4v) is 3.51. The van der Waals surface area contributed by atoms with Gasteiger partial charge in [-0.05, 0) is 38.5 Å². The number of morpholine rings is 1. The molecule has 1 aromatic rings. The maximum Gasteiger partial charge on any atom is 0.277 e. The van der Waals surface area contributed by atoms with Gasteiger partial charge in [0.1, 0.15) is 5.70 Å². The summed E-state index contributed by atoms with van der Waals surface area (Å²) in [5, 5.41) is 10.9. The van der Waals surface area contributed by atoms with Crippen LogP contribution in [0, 0.1) is 10.1 Å². The molecular weight excluding hydrogens is 338 g/mol. The Bertz CT molecular complexity index is 777. The summed E-state index contributed by atoms with van der Waals surface area (Å²) in [6, 6.07) is 5.73. The fraction of sp³-hybridized carbons (Fsp3) is 0.444. The maximum absolute atomic E-state index is 12.9. The second-order valence-electron chi connectivity index (χ2n) is 6.54. The summed E-state index contributed by atoms with van der Waals surface area (Å²) < 4.78 is 5.73. The number of nitro benzene ring substituents is 1. The molecule has 0 saturated carbocycles. The lowest BCUT2D eigenvalue weighted by Crippen LogP contribution is -2.46. The van der Waals surface area contributed by atoms with Gasteiger partial charge >= 0.3 is 0 Å². The van der Waals surface area contributed by atoms with Crippen LogP contribution in [0.1, 0.15) is 26.3 Å². The molecule has 138 valence electrons. The number of rotatable bonds is 4. The number of ether oxygens (including phenoxy) is 1. The average Bonchev–Trinajstić information content (AvgIpc) is 2.84. The summed E-state index contributed by atoms with van der Waals surface area (Å²) in [6.07, 6.45) is -0.133. The summed E-state index contributed by atoms with van der Waals surface area (Å²) in [7, 11) is 0. The third-order valence-electron chi connectivity index (χ3n) is 4.56. The Kier molecular flexibility index (Phi) is 4.78. The van der Waals surface area contributed by atoms with E-state index in [4.69, 9.17) is 4.74 Å². The van der Waals surface area contributed by atoms with Gasteiger partial charge in [0, 0.05) is 31.8 Å². The first-order valence-corrected chi connectivity index (χ1v) is 8.59. The molecule has 1 aromatic carbocycles. The molecule has 0 spiro atoms. The number of likely N-dealkylation sites (N-methyl/N-ethyl adjacent to an activating group) is 1. The SMILES string of the molecule is CCN1C(=O)C(c2ccc([N+](=O)[O-])cc2)=C(N2CC(C)OC(C)C2)C1=O. The van der Waals surface area contributed by atoms with Crippen LogP contribution >= 0.6 is 0 Å². The minimum atomic E-state index is -0.496. The number of nitro groups is 1. The highest BCUT2D eigenvalue weighted by atomic mass is 16.6. The summed E-state index contributed by atoms with van der Waals surface area (Å²) in [5.74, 6) is -0.694. The van der Waals surface area contributed by atoms with E-state index >= 15 is 0 Å². The zero-order chi connectivity index (χ0) is 19.0. The first-order valence-electron chi connectivity index (χ1n) is 8.59. The van der Waals surface area contributed by atoms with E-state index < -0.39 is 4.92 Å². The van der Waals surface area contributed by atoms with Crippen molar-refractivity contribution in [3.05, 3.63) is 45.6 Å². The number of hydrogen-bond donors (Lipinski definition) is 0. The minimum Gasteiger partial charge on any atom is -0.372 e. The molecule has 8 heteroatoms. The Balaban J connectivity index is 2.08. The lowest BCUT2D eigenvalue weighted by atomic mass is 10.0. The standard InChI is InChI=1S/C18H21N3O5/c1-4-20-17(22)15(13-5-7-14(8-6-13)21(24)25)16(18(20)23)19-9-11(2)26-12(3)10-19/h5-8,11-12H,4,9-10H2,1-3H3. The smallest absolute Gasteiger partial charge is 0.277 e. The predicted octanol–water partition coefficient (Wildman–Crippen LogP) is 1.80. The number of benzene rings is 1. The highest BCUT2D eigenvalue weighted by Gasteiger charge is 2.42. The zero-order valence-corrected chi connectivity index (χ0v) is 15.0. The Labute approximate surface area is 151 Å². The second kappa shape index (κ2) is 6.87. The zero-order valence-electron chi connectivity index (χ0n) is 15.0. The molecule has 1 fully saturated rings. The van der Waals surface area contributed by atoms with Crippen molar-refractivity contribution in [2.75, 3.05) is 19.6 Å². The second-order valence-corrected chi connectivity index (χ2v) is 6.54. The van der Waals surface area contributed by atoms with Crippen molar-refractivity contribution in [1.82, 2.24) is 9.80 Å². The number of hydrogen-bond acceptors (Lipinski definition) is 6. The third kappa shape index (κ3) is 3.08. The summed E-state index contributed by atoms with van der Waals surface area (Å²) in [5.41, 5.74) is 1.10. The van der Waals surface area contributed by atoms with Crippen molar-refractivity contribution >= 4 is 23.1 Å². The molecule has 2 aliphatic heterocycles. The lowest BCUT2D eigenvalue weighted by molar-refractivity contribution is -0.384. The molecule has 2 heterocycles. The van der Waals surface area contributed by atoms with Gasteiger partial charge in [0.2, 0.25) is 0 Å². The van der Waals surface area contributed by atoms with E-state index in [1.54, 1.807) is 6.92 Å². The number of nitrogens with zero attached hydrogens (tertiary/aromatic N) is 3. The van der Waals surface area contributed by atoms with Crippen LogP contribution in [0.3, 0.4) is 0 Å². The minimum absolute atomic E-state index is 0.0614. The van der Waals surface area contributed by atoms with Gasteiger partial charge in [0.15, 0.2) is 0 Å². The number of non-ortho nitro benzene ring substituents is 1. The molecule has 8 nitrogen and oxygen atoms in total. The molecular formula is C18H21N3O5. The summed E-state index contributed by atoms with van der Waals surface area (Å²) in [6.45, 7) is 6.88. The quantitative estimate of drug-likeness (QED) is 0.462. The van der Waals surface area contributed by atoms with Crippen molar-refractivity contribution in [3.8, 4) is 0 Å². The van der Waals surface area contributed by atoms with E-state index in [-0.39, 0.29) is 36.3 Å². The van der Waals surface area contributed by atoms with E-state index in [2.05, 4.69) is 0 Å². The third-order valence-corrected chi connectivity index (χ3v) is 4.56. The van der Waals surface area contributed by atoms with Crippen molar-refractivity contribution in [2.24, 2.45) is 0 Å². The molecule has 2 atom stereocenters. The number of carbonyl (C=O) groups excluding carboxylic acids is 2. The first kappa shape index (κ1) is 18.1. The summed E-state index contributed by atoms with van der Waals surface area (Å²) >= 11 is 0. The molecule has 0 bridgehead atoms. The van der Waals surface area contributed by atoms with Gasteiger partial charge in [0.05, 0.1) is 22.7 Å². The topological polar surface area (TPSA) is 93.0 Å². The number of amides is 2. The Morgan fingerprint density at radius 2 is 1.69 bits per heavy atom. The van der Waals surface area contributed by atoms with E-state index in [9.17, 15) is 19.7 Å². The fourth-order valence-electron chi connectivity index (χ4n) is 3.51. The molecule has 2 amide bonds. The average molecular weight is 359 g/mol. The highest BCUT2D eigenvalue weighted by Crippen LogP contribution is 2.33. The van der Waals surface area contributed by atoms with Gasteiger partial charge in [-0.2, -0.15) is 0 Å². The first-order chi connectivity index (χ1) is 12.3. The number of imide groups is 1. The van der Waals surface area contributed by atoms with E-state index in [0.717, 1.165) is 0 Å². The normalized spacial score (nSPS) is 23.8. The monoisotopic (exact) mass is 359 g/mol. The molecule has 2 unspecified atom stereocenters.